The number of aromatic nitrogens is 1. The zero-order valence-electron chi connectivity index (χ0n) is 9.20. The molecule has 0 saturated heterocycles. The molecule has 0 bridgehead atoms. The Labute approximate surface area is 104 Å². The molecule has 16 heavy (non-hydrogen) atoms. The van der Waals surface area contributed by atoms with E-state index in [2.05, 4.69) is 34.1 Å². The predicted octanol–water partition coefficient (Wildman–Crippen LogP) is 4.28. The lowest BCUT2D eigenvalue weighted by Crippen LogP contribution is -2.05. The molecule has 2 nitrogen and oxygen atoms in total. The van der Waals surface area contributed by atoms with Crippen LogP contribution in [0.15, 0.2) is 29.1 Å². The van der Waals surface area contributed by atoms with E-state index in [1.54, 1.807) is 17.5 Å². The molecule has 1 atom stereocenters. The van der Waals surface area contributed by atoms with Gasteiger partial charge in [-0.15, -0.1) is 0 Å². The predicted molar refractivity (Wildman–Crippen MR) is 70.3 cm³/mol. The Morgan fingerprint density at radius 1 is 1.50 bits per heavy atom. The van der Waals surface area contributed by atoms with E-state index < -0.39 is 0 Å². The largest absolute Gasteiger partial charge is 0.377 e. The van der Waals surface area contributed by atoms with Crippen molar-refractivity contribution in [3.63, 3.8) is 0 Å². The summed E-state index contributed by atoms with van der Waals surface area (Å²) in [5.41, 5.74) is 3.28. The van der Waals surface area contributed by atoms with Crippen molar-refractivity contribution < 1.29 is 0 Å². The average Bonchev–Trinajstić information content (AvgIpc) is 2.77. The van der Waals surface area contributed by atoms with E-state index in [1.807, 2.05) is 13.0 Å². The number of nitrogens with zero attached hydrogens (tertiary/aromatic N) is 1. The molecule has 84 valence electrons. The number of pyridine rings is 1. The highest BCUT2D eigenvalue weighted by atomic mass is 35.5. The number of hydrogen-bond donors (Lipinski definition) is 1. The van der Waals surface area contributed by atoms with Crippen molar-refractivity contribution in [3.8, 4) is 0 Å². The van der Waals surface area contributed by atoms with Gasteiger partial charge in [0.2, 0.25) is 0 Å². The third-order valence-electron chi connectivity index (χ3n) is 2.44. The molecule has 0 aliphatic rings. The lowest BCUT2D eigenvalue weighted by atomic mass is 10.2. The van der Waals surface area contributed by atoms with Crippen molar-refractivity contribution in [1.29, 1.82) is 0 Å². The molecule has 2 aromatic heterocycles. The minimum atomic E-state index is 0.286. The molecule has 1 N–H and O–H groups in total. The van der Waals surface area contributed by atoms with Gasteiger partial charge in [-0.2, -0.15) is 11.3 Å². The van der Waals surface area contributed by atoms with Gasteiger partial charge < -0.3 is 5.32 Å². The summed E-state index contributed by atoms with van der Waals surface area (Å²) in [7, 11) is 0. The first-order valence-corrected chi connectivity index (χ1v) is 6.39. The summed E-state index contributed by atoms with van der Waals surface area (Å²) in [5.74, 6) is 0. The van der Waals surface area contributed by atoms with Crippen molar-refractivity contribution >= 4 is 28.6 Å². The zero-order valence-corrected chi connectivity index (χ0v) is 10.8. The van der Waals surface area contributed by atoms with Gasteiger partial charge in [-0.1, -0.05) is 11.6 Å². The highest BCUT2D eigenvalue weighted by Gasteiger charge is 2.06. The summed E-state index contributed by atoms with van der Waals surface area (Å²) in [6.07, 6.45) is 1.76. The summed E-state index contributed by atoms with van der Waals surface area (Å²) in [5, 5.41) is 8.19. The molecular weight excluding hydrogens is 240 g/mol. The Morgan fingerprint density at radius 2 is 2.31 bits per heavy atom. The van der Waals surface area contributed by atoms with Crippen LogP contribution in [0.25, 0.3) is 0 Å². The second-order valence-corrected chi connectivity index (χ2v) is 4.89. The quantitative estimate of drug-likeness (QED) is 0.825. The summed E-state index contributed by atoms with van der Waals surface area (Å²) in [6, 6.07) is 4.42. The Morgan fingerprint density at radius 3 is 2.94 bits per heavy atom. The molecule has 1 unspecified atom stereocenters. The SMILES string of the molecule is Cc1cc(NC(C)c2ccsc2)cnc1Cl. The van der Waals surface area contributed by atoms with E-state index in [9.17, 15) is 0 Å². The number of thiophene rings is 1. The average molecular weight is 253 g/mol. The van der Waals surface area contributed by atoms with Crippen molar-refractivity contribution in [2.24, 2.45) is 0 Å². The lowest BCUT2D eigenvalue weighted by molar-refractivity contribution is 0.888. The normalized spacial score (nSPS) is 12.4. The van der Waals surface area contributed by atoms with Gasteiger partial charge in [-0.25, -0.2) is 4.98 Å². The maximum Gasteiger partial charge on any atom is 0.132 e. The van der Waals surface area contributed by atoms with Crippen molar-refractivity contribution in [2.45, 2.75) is 19.9 Å². The number of halogens is 1. The van der Waals surface area contributed by atoms with Crippen LogP contribution in [0.2, 0.25) is 5.15 Å². The van der Waals surface area contributed by atoms with Crippen LogP contribution in [0.5, 0.6) is 0 Å². The molecule has 0 aliphatic carbocycles. The third-order valence-corrected chi connectivity index (χ3v) is 3.54. The van der Waals surface area contributed by atoms with Gasteiger partial charge in [0.15, 0.2) is 0 Å². The number of rotatable bonds is 3. The van der Waals surface area contributed by atoms with Crippen LogP contribution < -0.4 is 5.32 Å². The van der Waals surface area contributed by atoms with Crippen LogP contribution in [-0.4, -0.2) is 4.98 Å². The fourth-order valence-electron chi connectivity index (χ4n) is 1.49. The van der Waals surface area contributed by atoms with Gasteiger partial charge in [0.25, 0.3) is 0 Å². The van der Waals surface area contributed by atoms with E-state index in [1.165, 1.54) is 5.56 Å². The number of hydrogen-bond acceptors (Lipinski definition) is 3. The molecule has 0 aromatic carbocycles. The molecule has 0 fully saturated rings. The van der Waals surface area contributed by atoms with E-state index >= 15 is 0 Å². The Hall–Kier alpha value is -1.06. The zero-order chi connectivity index (χ0) is 11.5. The number of anilines is 1. The monoisotopic (exact) mass is 252 g/mol. The molecule has 0 saturated carbocycles. The smallest absolute Gasteiger partial charge is 0.132 e. The topological polar surface area (TPSA) is 24.9 Å². The molecule has 0 radical (unpaired) electrons. The summed E-state index contributed by atoms with van der Waals surface area (Å²) in [6.45, 7) is 4.09. The summed E-state index contributed by atoms with van der Waals surface area (Å²) >= 11 is 7.59. The molecule has 2 heterocycles. The molecule has 0 spiro atoms. The van der Waals surface area contributed by atoms with Gasteiger partial charge in [0.05, 0.1) is 11.9 Å². The molecule has 0 amide bonds. The van der Waals surface area contributed by atoms with Crippen LogP contribution in [0.3, 0.4) is 0 Å². The molecule has 4 heteroatoms. The third kappa shape index (κ3) is 2.54. The second-order valence-electron chi connectivity index (χ2n) is 3.75. The second kappa shape index (κ2) is 4.85. The van der Waals surface area contributed by atoms with Gasteiger partial charge in [-0.05, 0) is 47.9 Å². The van der Waals surface area contributed by atoms with Crippen LogP contribution in [-0.2, 0) is 0 Å². The van der Waals surface area contributed by atoms with Crippen molar-refractivity contribution in [2.75, 3.05) is 5.32 Å². The molecular formula is C12H13ClN2S. The highest BCUT2D eigenvalue weighted by molar-refractivity contribution is 7.07. The van der Waals surface area contributed by atoms with Crippen molar-refractivity contribution in [1.82, 2.24) is 4.98 Å². The fourth-order valence-corrected chi connectivity index (χ4v) is 2.35. The van der Waals surface area contributed by atoms with Gasteiger partial charge >= 0.3 is 0 Å². The summed E-state index contributed by atoms with van der Waals surface area (Å²) in [4.78, 5) is 4.12. The van der Waals surface area contributed by atoms with E-state index in [4.69, 9.17) is 11.6 Å². The maximum atomic E-state index is 5.88. The highest BCUT2D eigenvalue weighted by Crippen LogP contribution is 2.22. The fraction of sp³-hybridized carbons (Fsp3) is 0.250. The van der Waals surface area contributed by atoms with Crippen LogP contribution >= 0.6 is 22.9 Å². The number of aryl methyl sites for hydroxylation is 1. The Bertz CT molecular complexity index is 468. The number of nitrogens with one attached hydrogen (secondary N) is 1. The minimum absolute atomic E-state index is 0.286. The maximum absolute atomic E-state index is 5.88. The Kier molecular flexibility index (Phi) is 3.46. The van der Waals surface area contributed by atoms with Crippen molar-refractivity contribution in [3.05, 3.63) is 45.4 Å². The molecule has 0 aliphatic heterocycles. The van der Waals surface area contributed by atoms with Crippen LogP contribution in [0.1, 0.15) is 24.1 Å². The van der Waals surface area contributed by atoms with Gasteiger partial charge in [0, 0.05) is 6.04 Å². The van der Waals surface area contributed by atoms with Gasteiger partial charge in [0.1, 0.15) is 5.15 Å². The lowest BCUT2D eigenvalue weighted by Gasteiger charge is -2.14. The standard InChI is InChI=1S/C12H13ClN2S/c1-8-5-11(6-14-12(8)13)15-9(2)10-3-4-16-7-10/h3-7,9,15H,1-2H3. The molecule has 2 aromatic rings. The first-order valence-electron chi connectivity index (χ1n) is 5.07. The van der Waals surface area contributed by atoms with Gasteiger partial charge in [-0.3, -0.25) is 0 Å². The first-order chi connectivity index (χ1) is 7.66. The van der Waals surface area contributed by atoms with Crippen LogP contribution in [0, 0.1) is 6.92 Å². The van der Waals surface area contributed by atoms with E-state index in [0.717, 1.165) is 11.3 Å². The Balaban J connectivity index is 2.12. The minimum Gasteiger partial charge on any atom is -0.377 e. The van der Waals surface area contributed by atoms with E-state index in [-0.39, 0.29) is 6.04 Å². The summed E-state index contributed by atoms with van der Waals surface area (Å²) < 4.78 is 0. The molecule has 2 rings (SSSR count). The van der Waals surface area contributed by atoms with Crippen LogP contribution in [0.4, 0.5) is 5.69 Å². The first kappa shape index (κ1) is 11.4. The van der Waals surface area contributed by atoms with E-state index in [0.29, 0.717) is 5.15 Å².